The lowest BCUT2D eigenvalue weighted by Crippen LogP contribution is -2.42. The molecule has 1 N–H and O–H groups in total. The lowest BCUT2D eigenvalue weighted by atomic mass is 10.0. The van der Waals surface area contributed by atoms with Crippen LogP contribution in [0.15, 0.2) is 53.9 Å². The van der Waals surface area contributed by atoms with Gasteiger partial charge in [0.1, 0.15) is 17.4 Å². The van der Waals surface area contributed by atoms with Crippen LogP contribution in [0.5, 0.6) is 0 Å². The molecule has 0 bridgehead atoms. The van der Waals surface area contributed by atoms with Gasteiger partial charge in [-0.15, -0.1) is 0 Å². The Kier molecular flexibility index (Phi) is 6.86. The van der Waals surface area contributed by atoms with Crippen LogP contribution in [0.1, 0.15) is 19.5 Å². The molecule has 1 aliphatic heterocycles. The van der Waals surface area contributed by atoms with Crippen LogP contribution in [0, 0.1) is 5.92 Å². The second kappa shape index (κ2) is 9.56. The predicted molar refractivity (Wildman–Crippen MR) is 138 cm³/mol. The minimum Gasteiger partial charge on any atom is -0.467 e. The Hall–Kier alpha value is -3.01. The molecule has 0 saturated carbocycles. The zero-order chi connectivity index (χ0) is 25.5. The number of para-hydroxylation sites is 1. The fourth-order valence-corrected chi connectivity index (χ4v) is 5.26. The molecule has 35 heavy (non-hydrogen) atoms. The zero-order valence-electron chi connectivity index (χ0n) is 19.5. The van der Waals surface area contributed by atoms with Crippen LogP contribution in [0.2, 0.25) is 10.0 Å². The quantitative estimate of drug-likeness (QED) is 0.460. The van der Waals surface area contributed by atoms with E-state index in [1.165, 1.54) is 18.5 Å². The van der Waals surface area contributed by atoms with E-state index in [1.807, 2.05) is 19.9 Å². The summed E-state index contributed by atoms with van der Waals surface area (Å²) in [6.07, 6.45) is 0. The first-order valence-electron chi connectivity index (χ1n) is 10.7. The number of fused-ring (bicyclic) bond motifs is 1. The van der Waals surface area contributed by atoms with Gasteiger partial charge in [-0.05, 0) is 30.2 Å². The summed E-state index contributed by atoms with van der Waals surface area (Å²) >= 11 is 12.6. The van der Waals surface area contributed by atoms with E-state index in [9.17, 15) is 13.2 Å². The number of ether oxygens (including phenoxy) is 1. The Morgan fingerprint density at radius 3 is 2.34 bits per heavy atom. The Labute approximate surface area is 214 Å². The number of halogens is 2. The number of carbonyl (C=O) groups excluding carboxylic acids is 1. The van der Waals surface area contributed by atoms with E-state index < -0.39 is 22.0 Å². The molecule has 0 amide bonds. The predicted octanol–water partition coefficient (Wildman–Crippen LogP) is 4.71. The van der Waals surface area contributed by atoms with Gasteiger partial charge in [0.15, 0.2) is 0 Å². The van der Waals surface area contributed by atoms with Crippen molar-refractivity contribution in [1.29, 1.82) is 0 Å². The molecule has 1 atom stereocenters. The third kappa shape index (κ3) is 4.63. The summed E-state index contributed by atoms with van der Waals surface area (Å²) in [6, 6.07) is 13.3. The summed E-state index contributed by atoms with van der Waals surface area (Å²) in [5, 5.41) is 9.88. The third-order valence-corrected chi connectivity index (χ3v) is 7.76. The zero-order valence-corrected chi connectivity index (χ0v) is 21.8. The highest BCUT2D eigenvalue weighted by atomic mass is 35.5. The maximum absolute atomic E-state index is 13.2. The number of methoxy groups -OCH3 is 1. The van der Waals surface area contributed by atoms with Crippen molar-refractivity contribution in [2.45, 2.75) is 19.9 Å². The van der Waals surface area contributed by atoms with Crippen molar-refractivity contribution in [1.82, 2.24) is 15.1 Å². The van der Waals surface area contributed by atoms with E-state index in [2.05, 4.69) is 5.32 Å². The second-order valence-electron chi connectivity index (χ2n) is 8.35. The summed E-state index contributed by atoms with van der Waals surface area (Å²) in [5.74, 6) is -0.696. The highest BCUT2D eigenvalue weighted by Gasteiger charge is 2.37. The molecule has 2 aromatic carbocycles. The van der Waals surface area contributed by atoms with E-state index in [0.717, 1.165) is 5.41 Å². The molecule has 1 aromatic heterocycles. The van der Waals surface area contributed by atoms with E-state index in [-0.39, 0.29) is 11.6 Å². The number of esters is 1. The first-order valence-corrected chi connectivity index (χ1v) is 13.0. The molecule has 2 heterocycles. The van der Waals surface area contributed by atoms with Gasteiger partial charge in [-0.2, -0.15) is 5.10 Å². The maximum atomic E-state index is 13.2. The Bertz CT molecular complexity index is 1420. The number of hydrogen-bond acceptors (Lipinski definition) is 6. The molecular formula is C24H24Cl2N4O4S. The minimum absolute atomic E-state index is 0.184. The fraction of sp³-hybridized carbons (Fsp3) is 0.250. The SMILES string of the molecule is COC(=O)C(NC1=CS(=O)(=O)N(C)c2c1nn(-c1ccccc1Cl)c2-c1ccc(Cl)cc1)C(C)C. The molecule has 0 radical (unpaired) electrons. The van der Waals surface area contributed by atoms with Crippen LogP contribution in [0.4, 0.5) is 5.69 Å². The summed E-state index contributed by atoms with van der Waals surface area (Å²) < 4.78 is 34.1. The molecule has 184 valence electrons. The summed E-state index contributed by atoms with van der Waals surface area (Å²) in [5.41, 5.74) is 2.61. The van der Waals surface area contributed by atoms with Gasteiger partial charge in [0.2, 0.25) is 0 Å². The van der Waals surface area contributed by atoms with Crippen molar-refractivity contribution < 1.29 is 17.9 Å². The molecule has 0 aliphatic carbocycles. The van der Waals surface area contributed by atoms with Crippen molar-refractivity contribution in [3.05, 3.63) is 69.7 Å². The number of rotatable bonds is 6. The summed E-state index contributed by atoms with van der Waals surface area (Å²) in [4.78, 5) is 12.4. The summed E-state index contributed by atoms with van der Waals surface area (Å²) in [6.45, 7) is 3.67. The average molecular weight is 535 g/mol. The number of benzene rings is 2. The van der Waals surface area contributed by atoms with Crippen molar-refractivity contribution in [2.24, 2.45) is 5.92 Å². The van der Waals surface area contributed by atoms with Gasteiger partial charge in [-0.1, -0.05) is 61.3 Å². The van der Waals surface area contributed by atoms with E-state index >= 15 is 0 Å². The number of anilines is 1. The van der Waals surface area contributed by atoms with Crippen LogP contribution < -0.4 is 9.62 Å². The number of carbonyl (C=O) groups is 1. The van der Waals surface area contributed by atoms with Crippen LogP contribution >= 0.6 is 23.2 Å². The number of sulfonamides is 1. The smallest absolute Gasteiger partial charge is 0.328 e. The molecule has 11 heteroatoms. The molecule has 0 spiro atoms. The highest BCUT2D eigenvalue weighted by molar-refractivity contribution is 7.95. The summed E-state index contributed by atoms with van der Waals surface area (Å²) in [7, 11) is -1.16. The maximum Gasteiger partial charge on any atom is 0.328 e. The van der Waals surface area contributed by atoms with Gasteiger partial charge in [-0.3, -0.25) is 4.31 Å². The average Bonchev–Trinajstić information content (AvgIpc) is 3.21. The lowest BCUT2D eigenvalue weighted by Gasteiger charge is -2.28. The number of nitrogens with zero attached hydrogens (tertiary/aromatic N) is 3. The monoisotopic (exact) mass is 534 g/mol. The lowest BCUT2D eigenvalue weighted by molar-refractivity contribution is -0.143. The topological polar surface area (TPSA) is 93.5 Å². The normalized spacial score (nSPS) is 15.4. The molecule has 3 aromatic rings. The standard InChI is InChI=1S/C24H24Cl2N4O4S/c1-14(2)20(24(31)34-4)27-18-13-35(32,33)29(3)23-21(18)28-30(19-8-6-5-7-17(19)26)22(23)15-9-11-16(25)12-10-15/h5-14,20,27H,1-4H3. The van der Waals surface area contributed by atoms with Crippen molar-refractivity contribution in [2.75, 3.05) is 18.5 Å². The number of aromatic nitrogens is 2. The van der Waals surface area contributed by atoms with Gasteiger partial charge in [0, 0.05) is 17.6 Å². The Balaban J connectivity index is 2.01. The molecule has 1 aliphatic rings. The number of hydrogen-bond donors (Lipinski definition) is 1. The molecule has 1 unspecified atom stereocenters. The van der Waals surface area contributed by atoms with Crippen molar-refractivity contribution in [3.63, 3.8) is 0 Å². The van der Waals surface area contributed by atoms with Crippen LogP contribution in [0.3, 0.4) is 0 Å². The second-order valence-corrected chi connectivity index (χ2v) is 11.0. The molecule has 8 nitrogen and oxygen atoms in total. The van der Waals surface area contributed by atoms with Crippen molar-refractivity contribution >= 4 is 50.6 Å². The minimum atomic E-state index is -3.90. The first-order chi connectivity index (χ1) is 16.5. The molecular weight excluding hydrogens is 511 g/mol. The van der Waals surface area contributed by atoms with Gasteiger partial charge >= 0.3 is 5.97 Å². The first kappa shape index (κ1) is 25.1. The van der Waals surface area contributed by atoms with Crippen LogP contribution in [0.25, 0.3) is 22.6 Å². The molecule has 0 fully saturated rings. The van der Waals surface area contributed by atoms with Gasteiger partial charge in [-0.25, -0.2) is 17.9 Å². The van der Waals surface area contributed by atoms with E-state index in [4.69, 9.17) is 33.0 Å². The number of nitrogens with one attached hydrogen (secondary N) is 1. The molecule has 4 rings (SSSR count). The molecule has 0 saturated heterocycles. The highest BCUT2D eigenvalue weighted by Crippen LogP contribution is 2.43. The van der Waals surface area contributed by atoms with Gasteiger partial charge in [0.05, 0.1) is 34.6 Å². The fourth-order valence-electron chi connectivity index (χ4n) is 3.86. The van der Waals surface area contributed by atoms with E-state index in [0.29, 0.717) is 38.4 Å². The third-order valence-electron chi connectivity index (χ3n) is 5.71. The van der Waals surface area contributed by atoms with E-state index in [1.54, 1.807) is 47.1 Å². The van der Waals surface area contributed by atoms with Crippen LogP contribution in [-0.4, -0.2) is 44.4 Å². The Morgan fingerprint density at radius 1 is 1.09 bits per heavy atom. The van der Waals surface area contributed by atoms with Crippen molar-refractivity contribution in [3.8, 4) is 16.9 Å². The van der Waals surface area contributed by atoms with Gasteiger partial charge < -0.3 is 10.1 Å². The Morgan fingerprint density at radius 2 is 1.74 bits per heavy atom. The van der Waals surface area contributed by atoms with Gasteiger partial charge in [0.25, 0.3) is 10.0 Å². The largest absolute Gasteiger partial charge is 0.467 e. The van der Waals surface area contributed by atoms with Crippen LogP contribution in [-0.2, 0) is 19.6 Å².